The molecule has 0 fully saturated rings. The van der Waals surface area contributed by atoms with Crippen LogP contribution < -0.4 is 11.1 Å². The Bertz CT molecular complexity index is 620. The van der Waals surface area contributed by atoms with E-state index in [1.165, 1.54) is 0 Å². The van der Waals surface area contributed by atoms with Crippen LogP contribution in [0.1, 0.15) is 23.6 Å². The second kappa shape index (κ2) is 10.8. The quantitative estimate of drug-likeness (QED) is 0.771. The average Bonchev–Trinajstić information content (AvgIpc) is 2.59. The Balaban J connectivity index is 0.00000288. The summed E-state index contributed by atoms with van der Waals surface area (Å²) in [5.74, 6) is -0.139. The van der Waals surface area contributed by atoms with E-state index in [1.807, 2.05) is 61.5 Å². The Hall–Kier alpha value is -1.88. The Labute approximate surface area is 149 Å². The first kappa shape index (κ1) is 20.2. The predicted molar refractivity (Wildman–Crippen MR) is 99.0 cm³/mol. The van der Waals surface area contributed by atoms with Crippen LogP contribution in [0.25, 0.3) is 0 Å². The second-order valence-electron chi connectivity index (χ2n) is 5.42. The number of hydrogen-bond acceptors (Lipinski definition) is 3. The highest BCUT2D eigenvalue weighted by Crippen LogP contribution is 2.10. The molecule has 24 heavy (non-hydrogen) atoms. The maximum absolute atomic E-state index is 12.2. The van der Waals surface area contributed by atoms with E-state index >= 15 is 0 Å². The molecule has 5 heteroatoms. The summed E-state index contributed by atoms with van der Waals surface area (Å²) in [6.45, 7) is 3.65. The molecule has 0 radical (unpaired) electrons. The molecule has 0 saturated carbocycles. The Morgan fingerprint density at radius 3 is 2.38 bits per heavy atom. The number of nitrogens with two attached hydrogens (primary N) is 1. The third-order valence-corrected chi connectivity index (χ3v) is 3.67. The SMILES string of the molecule is CCOCc1ccccc1CNC(=O)C(N)Cc1ccccc1.Cl. The van der Waals surface area contributed by atoms with Gasteiger partial charge in [0.15, 0.2) is 0 Å². The standard InChI is InChI=1S/C19H24N2O2.ClH/c1-2-23-14-17-11-7-6-10-16(17)13-21-19(22)18(20)12-15-8-4-3-5-9-15;/h3-11,18H,2,12-14,20H2,1H3,(H,21,22);1H. The molecule has 0 aromatic heterocycles. The fraction of sp³-hybridized carbons (Fsp3) is 0.316. The van der Waals surface area contributed by atoms with E-state index in [-0.39, 0.29) is 18.3 Å². The first-order valence-electron chi connectivity index (χ1n) is 7.92. The van der Waals surface area contributed by atoms with E-state index in [2.05, 4.69) is 5.32 Å². The molecule has 1 amide bonds. The van der Waals surface area contributed by atoms with E-state index in [0.29, 0.717) is 26.2 Å². The van der Waals surface area contributed by atoms with Gasteiger partial charge >= 0.3 is 0 Å². The van der Waals surface area contributed by atoms with Gasteiger partial charge in [0.1, 0.15) is 0 Å². The maximum atomic E-state index is 12.2. The van der Waals surface area contributed by atoms with Crippen molar-refractivity contribution < 1.29 is 9.53 Å². The minimum Gasteiger partial charge on any atom is -0.377 e. The molecule has 1 atom stereocenters. The van der Waals surface area contributed by atoms with Crippen molar-refractivity contribution in [3.8, 4) is 0 Å². The van der Waals surface area contributed by atoms with Gasteiger partial charge in [-0.15, -0.1) is 12.4 Å². The fourth-order valence-electron chi connectivity index (χ4n) is 2.36. The number of nitrogens with one attached hydrogen (secondary N) is 1. The number of carbonyl (C=O) groups excluding carboxylic acids is 1. The molecule has 0 spiro atoms. The maximum Gasteiger partial charge on any atom is 0.237 e. The molecule has 0 saturated heterocycles. The molecular formula is C19H25ClN2O2. The summed E-state index contributed by atoms with van der Waals surface area (Å²) in [5.41, 5.74) is 9.20. The summed E-state index contributed by atoms with van der Waals surface area (Å²) in [7, 11) is 0. The monoisotopic (exact) mass is 348 g/mol. The van der Waals surface area contributed by atoms with Crippen molar-refractivity contribution in [1.29, 1.82) is 0 Å². The summed E-state index contributed by atoms with van der Waals surface area (Å²) in [6, 6.07) is 17.2. The van der Waals surface area contributed by atoms with Gasteiger partial charge in [0.05, 0.1) is 12.6 Å². The first-order chi connectivity index (χ1) is 11.2. The summed E-state index contributed by atoms with van der Waals surface area (Å²) in [6.07, 6.45) is 0.535. The van der Waals surface area contributed by atoms with Crippen LogP contribution in [0.5, 0.6) is 0 Å². The van der Waals surface area contributed by atoms with Crippen LogP contribution in [-0.2, 0) is 29.1 Å². The third-order valence-electron chi connectivity index (χ3n) is 3.67. The van der Waals surface area contributed by atoms with E-state index in [1.54, 1.807) is 0 Å². The van der Waals surface area contributed by atoms with Gasteiger partial charge in [-0.05, 0) is 30.0 Å². The number of rotatable bonds is 8. The number of amides is 1. The molecular weight excluding hydrogens is 324 g/mol. The van der Waals surface area contributed by atoms with Gasteiger partial charge in [0.25, 0.3) is 0 Å². The lowest BCUT2D eigenvalue weighted by Crippen LogP contribution is -2.41. The van der Waals surface area contributed by atoms with Gasteiger partial charge in [-0.2, -0.15) is 0 Å². The molecule has 0 bridgehead atoms. The zero-order valence-corrected chi connectivity index (χ0v) is 14.7. The number of benzene rings is 2. The van der Waals surface area contributed by atoms with Crippen LogP contribution in [0.15, 0.2) is 54.6 Å². The van der Waals surface area contributed by atoms with E-state index in [9.17, 15) is 4.79 Å². The van der Waals surface area contributed by atoms with Crippen molar-refractivity contribution in [3.63, 3.8) is 0 Å². The van der Waals surface area contributed by atoms with E-state index in [0.717, 1.165) is 16.7 Å². The van der Waals surface area contributed by atoms with Crippen molar-refractivity contribution in [2.45, 2.75) is 32.5 Å². The molecule has 1 unspecified atom stereocenters. The fourth-order valence-corrected chi connectivity index (χ4v) is 2.36. The van der Waals surface area contributed by atoms with Gasteiger partial charge in [-0.1, -0.05) is 54.6 Å². The van der Waals surface area contributed by atoms with E-state index < -0.39 is 6.04 Å². The highest BCUT2D eigenvalue weighted by Gasteiger charge is 2.14. The van der Waals surface area contributed by atoms with Gasteiger partial charge in [0, 0.05) is 13.2 Å². The minimum atomic E-state index is -0.545. The van der Waals surface area contributed by atoms with Crippen LogP contribution in [0.3, 0.4) is 0 Å². The Kier molecular flexibility index (Phi) is 9.08. The van der Waals surface area contributed by atoms with Gasteiger partial charge < -0.3 is 15.8 Å². The van der Waals surface area contributed by atoms with Crippen LogP contribution in [0.4, 0.5) is 0 Å². The normalized spacial score (nSPS) is 11.4. The molecule has 0 aliphatic heterocycles. The van der Waals surface area contributed by atoms with Crippen molar-refractivity contribution in [2.75, 3.05) is 6.61 Å². The highest BCUT2D eigenvalue weighted by molar-refractivity contribution is 5.85. The van der Waals surface area contributed by atoms with Crippen molar-refractivity contribution >= 4 is 18.3 Å². The number of hydrogen-bond donors (Lipinski definition) is 2. The van der Waals surface area contributed by atoms with Crippen molar-refractivity contribution in [3.05, 3.63) is 71.3 Å². The summed E-state index contributed by atoms with van der Waals surface area (Å²) < 4.78 is 5.46. The second-order valence-corrected chi connectivity index (χ2v) is 5.42. The van der Waals surface area contributed by atoms with Crippen LogP contribution in [-0.4, -0.2) is 18.6 Å². The lowest BCUT2D eigenvalue weighted by molar-refractivity contribution is -0.122. The highest BCUT2D eigenvalue weighted by atomic mass is 35.5. The van der Waals surface area contributed by atoms with Crippen molar-refractivity contribution in [1.82, 2.24) is 5.32 Å². The lowest BCUT2D eigenvalue weighted by Gasteiger charge is -2.14. The van der Waals surface area contributed by atoms with Gasteiger partial charge in [-0.3, -0.25) is 4.79 Å². The molecule has 2 aromatic rings. The molecule has 0 heterocycles. The summed E-state index contributed by atoms with van der Waals surface area (Å²) in [5, 5.41) is 2.92. The topological polar surface area (TPSA) is 64.3 Å². The Morgan fingerprint density at radius 1 is 1.08 bits per heavy atom. The zero-order valence-electron chi connectivity index (χ0n) is 13.9. The molecule has 130 valence electrons. The zero-order chi connectivity index (χ0) is 16.5. The molecule has 3 N–H and O–H groups in total. The first-order valence-corrected chi connectivity index (χ1v) is 7.92. The minimum absolute atomic E-state index is 0. The molecule has 2 aromatic carbocycles. The summed E-state index contributed by atoms with van der Waals surface area (Å²) >= 11 is 0. The molecule has 4 nitrogen and oxygen atoms in total. The van der Waals surface area contributed by atoms with Crippen LogP contribution in [0.2, 0.25) is 0 Å². The summed E-state index contributed by atoms with van der Waals surface area (Å²) in [4.78, 5) is 12.2. The molecule has 0 aliphatic rings. The third kappa shape index (κ3) is 6.32. The number of halogens is 1. The largest absolute Gasteiger partial charge is 0.377 e. The van der Waals surface area contributed by atoms with Crippen LogP contribution in [0, 0.1) is 0 Å². The average molecular weight is 349 g/mol. The predicted octanol–water partition coefficient (Wildman–Crippen LogP) is 2.83. The van der Waals surface area contributed by atoms with Gasteiger partial charge in [0.2, 0.25) is 5.91 Å². The lowest BCUT2D eigenvalue weighted by atomic mass is 10.1. The molecule has 0 aliphatic carbocycles. The van der Waals surface area contributed by atoms with Crippen LogP contribution >= 0.6 is 12.4 Å². The van der Waals surface area contributed by atoms with Crippen molar-refractivity contribution in [2.24, 2.45) is 5.73 Å². The molecule has 2 rings (SSSR count). The van der Waals surface area contributed by atoms with E-state index in [4.69, 9.17) is 10.5 Å². The number of carbonyl (C=O) groups is 1. The van der Waals surface area contributed by atoms with Gasteiger partial charge in [-0.25, -0.2) is 0 Å². The smallest absolute Gasteiger partial charge is 0.237 e. The number of ether oxygens (including phenoxy) is 1. The Morgan fingerprint density at radius 2 is 1.71 bits per heavy atom.